The molecule has 31 heavy (non-hydrogen) atoms. The smallest absolute Gasteiger partial charge is 0.222 e. The molecule has 7 nitrogen and oxygen atoms in total. The summed E-state index contributed by atoms with van der Waals surface area (Å²) in [4.78, 5) is 12.4. The number of benzene rings is 2. The number of aryl methyl sites for hydroxylation is 1. The topological polar surface area (TPSA) is 81.2 Å². The molecular formula is C23H24N4O3S. The van der Waals surface area contributed by atoms with Crippen LogP contribution in [0.5, 0.6) is 11.5 Å². The molecule has 0 aliphatic carbocycles. The number of carbonyl (C=O) groups excluding carboxylic acids is 1. The molecule has 0 saturated carbocycles. The molecule has 0 spiro atoms. The molecule has 1 aromatic heterocycles. The quantitative estimate of drug-likeness (QED) is 0.395. The van der Waals surface area contributed by atoms with Crippen LogP contribution in [-0.4, -0.2) is 34.4 Å². The van der Waals surface area contributed by atoms with Crippen LogP contribution in [0.4, 0.5) is 0 Å². The number of nitrogens with zero attached hydrogens (tertiary/aromatic N) is 2. The Kier molecular flexibility index (Phi) is 7.46. The van der Waals surface area contributed by atoms with Crippen molar-refractivity contribution in [2.75, 3.05) is 13.7 Å². The van der Waals surface area contributed by atoms with Crippen molar-refractivity contribution in [1.82, 2.24) is 20.1 Å². The van der Waals surface area contributed by atoms with Gasteiger partial charge in [-0.1, -0.05) is 41.8 Å². The predicted molar refractivity (Wildman–Crippen MR) is 121 cm³/mol. The molecule has 0 atom stereocenters. The number of H-pyrrole nitrogens is 1. The van der Waals surface area contributed by atoms with E-state index in [0.29, 0.717) is 35.2 Å². The lowest BCUT2D eigenvalue weighted by atomic mass is 10.1. The van der Waals surface area contributed by atoms with E-state index in [2.05, 4.69) is 21.4 Å². The molecule has 0 aliphatic heterocycles. The summed E-state index contributed by atoms with van der Waals surface area (Å²) in [5.41, 5.74) is 2.98. The van der Waals surface area contributed by atoms with Gasteiger partial charge >= 0.3 is 0 Å². The molecule has 3 aromatic rings. The lowest BCUT2D eigenvalue weighted by molar-refractivity contribution is -0.121. The van der Waals surface area contributed by atoms with Crippen LogP contribution in [0.1, 0.15) is 17.5 Å². The highest BCUT2D eigenvalue weighted by Gasteiger charge is 2.11. The van der Waals surface area contributed by atoms with Crippen LogP contribution >= 0.6 is 12.2 Å². The zero-order valence-corrected chi connectivity index (χ0v) is 18.3. The van der Waals surface area contributed by atoms with E-state index < -0.39 is 0 Å². The molecule has 160 valence electrons. The maximum absolute atomic E-state index is 12.4. The number of amides is 1. The summed E-state index contributed by atoms with van der Waals surface area (Å²) in [6.45, 7) is 2.94. The third-order valence-corrected chi connectivity index (χ3v) is 4.97. The number of aromatic amines is 1. The van der Waals surface area contributed by atoms with Crippen molar-refractivity contribution >= 4 is 18.1 Å². The average molecular weight is 437 g/mol. The van der Waals surface area contributed by atoms with Gasteiger partial charge in [0, 0.05) is 25.1 Å². The maximum Gasteiger partial charge on any atom is 0.222 e. The van der Waals surface area contributed by atoms with E-state index in [4.69, 9.17) is 28.1 Å². The Morgan fingerprint density at radius 3 is 2.74 bits per heavy atom. The second-order valence-corrected chi connectivity index (χ2v) is 7.26. The van der Waals surface area contributed by atoms with Gasteiger partial charge in [-0.25, -0.2) is 0 Å². The minimum Gasteiger partial charge on any atom is -0.493 e. The van der Waals surface area contributed by atoms with Gasteiger partial charge in [-0.2, -0.15) is 5.10 Å². The van der Waals surface area contributed by atoms with Crippen LogP contribution < -0.4 is 14.8 Å². The van der Waals surface area contributed by atoms with Gasteiger partial charge in [0.2, 0.25) is 5.91 Å². The molecule has 0 saturated heterocycles. The number of aromatic nitrogens is 3. The molecule has 1 heterocycles. The Bertz CT molecular complexity index is 1140. The fourth-order valence-corrected chi connectivity index (χ4v) is 3.24. The second-order valence-electron chi connectivity index (χ2n) is 6.87. The molecule has 2 aromatic carbocycles. The van der Waals surface area contributed by atoms with E-state index in [-0.39, 0.29) is 18.9 Å². The first-order valence-electron chi connectivity index (χ1n) is 9.74. The predicted octanol–water partition coefficient (Wildman–Crippen LogP) is 3.64. The second kappa shape index (κ2) is 10.5. The molecule has 1 amide bonds. The Labute approximate surface area is 186 Å². The standard InChI is InChI=1S/C23H24N4O3S/c1-4-13-30-20-14-17(7-10-19(20)29-3)15-24-21(28)11-12-27-22(25-26-23(27)31)18-8-5-16(2)6-9-18/h1,5-10,14H,11-13,15H2,2-3H3,(H,24,28)(H,26,31). The normalized spacial score (nSPS) is 10.4. The van der Waals surface area contributed by atoms with Crippen molar-refractivity contribution in [3.05, 3.63) is 58.4 Å². The summed E-state index contributed by atoms with van der Waals surface area (Å²) in [5, 5.41) is 10.0. The van der Waals surface area contributed by atoms with Crippen molar-refractivity contribution in [2.24, 2.45) is 0 Å². The van der Waals surface area contributed by atoms with Gasteiger partial charge < -0.3 is 14.8 Å². The first-order chi connectivity index (χ1) is 15.0. The van der Waals surface area contributed by atoms with Crippen molar-refractivity contribution in [3.8, 4) is 35.2 Å². The Balaban J connectivity index is 1.60. The number of terminal acetylenes is 1. The van der Waals surface area contributed by atoms with Gasteiger partial charge in [-0.15, -0.1) is 6.42 Å². The first-order valence-corrected chi connectivity index (χ1v) is 10.1. The van der Waals surface area contributed by atoms with E-state index in [1.54, 1.807) is 19.2 Å². The highest BCUT2D eigenvalue weighted by Crippen LogP contribution is 2.28. The summed E-state index contributed by atoms with van der Waals surface area (Å²) >= 11 is 5.34. The van der Waals surface area contributed by atoms with Crippen LogP contribution in [0.15, 0.2) is 42.5 Å². The highest BCUT2D eigenvalue weighted by atomic mass is 32.1. The fraction of sp³-hybridized carbons (Fsp3) is 0.261. The minimum atomic E-state index is -0.0973. The molecule has 0 bridgehead atoms. The SMILES string of the molecule is C#CCOc1cc(CNC(=O)CCn2c(-c3ccc(C)cc3)n[nH]c2=S)ccc1OC. The Morgan fingerprint density at radius 1 is 1.26 bits per heavy atom. The minimum absolute atomic E-state index is 0.0973. The molecular weight excluding hydrogens is 412 g/mol. The van der Waals surface area contributed by atoms with Gasteiger partial charge in [0.25, 0.3) is 0 Å². The largest absolute Gasteiger partial charge is 0.493 e. The van der Waals surface area contributed by atoms with Crippen molar-refractivity contribution < 1.29 is 14.3 Å². The molecule has 0 fully saturated rings. The molecule has 0 aliphatic rings. The summed E-state index contributed by atoms with van der Waals surface area (Å²) in [6, 6.07) is 13.5. The van der Waals surface area contributed by atoms with Gasteiger partial charge in [0.15, 0.2) is 22.1 Å². The van der Waals surface area contributed by atoms with E-state index in [1.165, 1.54) is 0 Å². The summed E-state index contributed by atoms with van der Waals surface area (Å²) < 4.78 is 13.1. The van der Waals surface area contributed by atoms with Crippen LogP contribution in [0.3, 0.4) is 0 Å². The zero-order valence-electron chi connectivity index (χ0n) is 17.5. The van der Waals surface area contributed by atoms with Gasteiger partial charge in [-0.3, -0.25) is 14.5 Å². The van der Waals surface area contributed by atoms with E-state index in [1.807, 2.05) is 41.8 Å². The fourth-order valence-electron chi connectivity index (χ4n) is 3.01. The van der Waals surface area contributed by atoms with Crippen LogP contribution in [0.25, 0.3) is 11.4 Å². The zero-order chi connectivity index (χ0) is 22.2. The van der Waals surface area contributed by atoms with Crippen molar-refractivity contribution in [2.45, 2.75) is 26.4 Å². The molecule has 0 radical (unpaired) electrons. The number of nitrogens with one attached hydrogen (secondary N) is 2. The van der Waals surface area contributed by atoms with Gasteiger partial charge in [0.05, 0.1) is 7.11 Å². The number of ether oxygens (including phenoxy) is 2. The Hall–Kier alpha value is -3.57. The molecule has 2 N–H and O–H groups in total. The summed E-state index contributed by atoms with van der Waals surface area (Å²) in [7, 11) is 1.56. The summed E-state index contributed by atoms with van der Waals surface area (Å²) in [6.07, 6.45) is 5.52. The molecule has 3 rings (SSSR count). The van der Waals surface area contributed by atoms with Crippen molar-refractivity contribution in [3.63, 3.8) is 0 Å². The van der Waals surface area contributed by atoms with Crippen molar-refractivity contribution in [1.29, 1.82) is 0 Å². The molecule has 0 unspecified atom stereocenters. The van der Waals surface area contributed by atoms with Gasteiger partial charge in [-0.05, 0) is 36.8 Å². The maximum atomic E-state index is 12.4. The lowest BCUT2D eigenvalue weighted by Crippen LogP contribution is -2.24. The highest BCUT2D eigenvalue weighted by molar-refractivity contribution is 7.71. The summed E-state index contributed by atoms with van der Waals surface area (Å²) in [5.74, 6) is 4.17. The van der Waals surface area contributed by atoms with Crippen LogP contribution in [-0.2, 0) is 17.9 Å². The van der Waals surface area contributed by atoms with Gasteiger partial charge in [0.1, 0.15) is 6.61 Å². The molecule has 8 heteroatoms. The van der Waals surface area contributed by atoms with E-state index >= 15 is 0 Å². The van der Waals surface area contributed by atoms with E-state index in [0.717, 1.165) is 16.7 Å². The number of methoxy groups -OCH3 is 1. The number of carbonyl (C=O) groups is 1. The third kappa shape index (κ3) is 5.74. The Morgan fingerprint density at radius 2 is 2.03 bits per heavy atom. The first kappa shape index (κ1) is 22.1. The third-order valence-electron chi connectivity index (χ3n) is 4.66. The van der Waals surface area contributed by atoms with Crippen LogP contribution in [0.2, 0.25) is 0 Å². The van der Waals surface area contributed by atoms with Crippen LogP contribution in [0, 0.1) is 24.0 Å². The monoisotopic (exact) mass is 436 g/mol. The number of hydrogen-bond donors (Lipinski definition) is 2. The average Bonchev–Trinajstić information content (AvgIpc) is 3.15. The lowest BCUT2D eigenvalue weighted by Gasteiger charge is -2.12. The number of rotatable bonds is 9. The van der Waals surface area contributed by atoms with E-state index in [9.17, 15) is 4.79 Å². The number of hydrogen-bond acceptors (Lipinski definition) is 5.